The highest BCUT2D eigenvalue weighted by molar-refractivity contribution is 5.48. The molecule has 1 aliphatic rings. The zero-order chi connectivity index (χ0) is 12.0. The van der Waals surface area contributed by atoms with E-state index >= 15 is 0 Å². The molecule has 2 aromatic heterocycles. The van der Waals surface area contributed by atoms with Crippen LogP contribution in [0.1, 0.15) is 5.69 Å². The number of aliphatic hydroxyl groups is 2. The second-order valence-electron chi connectivity index (χ2n) is 4.27. The molecule has 7 nitrogen and oxygen atoms in total. The molecule has 1 aliphatic heterocycles. The van der Waals surface area contributed by atoms with Gasteiger partial charge in [0.15, 0.2) is 0 Å². The van der Waals surface area contributed by atoms with E-state index in [-0.39, 0.29) is 0 Å². The van der Waals surface area contributed by atoms with Crippen LogP contribution in [0, 0.1) is 6.92 Å². The third kappa shape index (κ3) is 1.63. The van der Waals surface area contributed by atoms with Gasteiger partial charge in [-0.15, -0.1) is 0 Å². The molecule has 0 bridgehead atoms. The first kappa shape index (κ1) is 10.4. The number of aryl methyl sites for hydroxylation is 1. The van der Waals surface area contributed by atoms with Crippen LogP contribution in [0.15, 0.2) is 12.4 Å². The minimum absolute atomic E-state index is 0.388. The lowest BCUT2D eigenvalue weighted by Gasteiger charge is -2.18. The molecule has 3 heterocycles. The van der Waals surface area contributed by atoms with Crippen molar-refractivity contribution in [3.05, 3.63) is 18.1 Å². The zero-order valence-electron chi connectivity index (χ0n) is 9.35. The average Bonchev–Trinajstić information content (AvgIpc) is 2.85. The van der Waals surface area contributed by atoms with Gasteiger partial charge in [0.25, 0.3) is 5.78 Å². The van der Waals surface area contributed by atoms with Crippen molar-refractivity contribution in [2.45, 2.75) is 19.1 Å². The molecule has 0 aromatic carbocycles. The van der Waals surface area contributed by atoms with Gasteiger partial charge in [0.05, 0.1) is 12.2 Å². The lowest BCUT2D eigenvalue weighted by atomic mass is 10.3. The molecular weight excluding hydrogens is 222 g/mol. The largest absolute Gasteiger partial charge is 0.389 e. The first-order valence-corrected chi connectivity index (χ1v) is 5.43. The molecule has 1 saturated heterocycles. The van der Waals surface area contributed by atoms with E-state index in [0.717, 1.165) is 11.5 Å². The number of aromatic nitrogens is 4. The van der Waals surface area contributed by atoms with Crippen molar-refractivity contribution in [1.82, 2.24) is 19.6 Å². The summed E-state index contributed by atoms with van der Waals surface area (Å²) in [6, 6.07) is 1.87. The Balaban J connectivity index is 2.08. The molecular formula is C10H13N5O2. The average molecular weight is 235 g/mol. The molecule has 7 heteroatoms. The van der Waals surface area contributed by atoms with Gasteiger partial charge in [-0.25, -0.2) is 4.98 Å². The van der Waals surface area contributed by atoms with E-state index in [9.17, 15) is 10.2 Å². The molecule has 90 valence electrons. The summed E-state index contributed by atoms with van der Waals surface area (Å²) in [5.41, 5.74) is 0.830. The van der Waals surface area contributed by atoms with Gasteiger partial charge in [-0.3, -0.25) is 0 Å². The van der Waals surface area contributed by atoms with E-state index < -0.39 is 12.2 Å². The molecule has 1 fully saturated rings. The molecule has 0 amide bonds. The Morgan fingerprint density at radius 2 is 2.00 bits per heavy atom. The van der Waals surface area contributed by atoms with E-state index in [2.05, 4.69) is 15.1 Å². The van der Waals surface area contributed by atoms with Crippen LogP contribution in [0.2, 0.25) is 0 Å². The Labute approximate surface area is 97.3 Å². The van der Waals surface area contributed by atoms with Crippen LogP contribution in [-0.4, -0.2) is 55.1 Å². The van der Waals surface area contributed by atoms with Crippen molar-refractivity contribution in [1.29, 1.82) is 0 Å². The van der Waals surface area contributed by atoms with Gasteiger partial charge in [0.1, 0.15) is 12.1 Å². The zero-order valence-corrected chi connectivity index (χ0v) is 9.35. The lowest BCUT2D eigenvalue weighted by Crippen LogP contribution is -2.24. The maximum absolute atomic E-state index is 9.57. The van der Waals surface area contributed by atoms with Crippen molar-refractivity contribution in [3.63, 3.8) is 0 Å². The number of rotatable bonds is 1. The summed E-state index contributed by atoms with van der Waals surface area (Å²) in [7, 11) is 0. The highest BCUT2D eigenvalue weighted by Crippen LogP contribution is 2.21. The van der Waals surface area contributed by atoms with Crippen molar-refractivity contribution < 1.29 is 10.2 Å². The van der Waals surface area contributed by atoms with Crippen LogP contribution in [0.25, 0.3) is 5.78 Å². The first-order valence-electron chi connectivity index (χ1n) is 5.43. The van der Waals surface area contributed by atoms with Gasteiger partial charge in [-0.05, 0) is 6.92 Å². The van der Waals surface area contributed by atoms with Crippen LogP contribution in [0.5, 0.6) is 0 Å². The Hall–Kier alpha value is -1.73. The lowest BCUT2D eigenvalue weighted by molar-refractivity contribution is 0.0572. The second kappa shape index (κ2) is 3.64. The van der Waals surface area contributed by atoms with Crippen molar-refractivity contribution in [3.8, 4) is 0 Å². The fourth-order valence-corrected chi connectivity index (χ4v) is 2.09. The fourth-order valence-electron chi connectivity index (χ4n) is 2.09. The number of anilines is 1. The van der Waals surface area contributed by atoms with Crippen LogP contribution in [-0.2, 0) is 0 Å². The third-order valence-electron chi connectivity index (χ3n) is 2.94. The van der Waals surface area contributed by atoms with Gasteiger partial charge in [0, 0.05) is 24.8 Å². The van der Waals surface area contributed by atoms with E-state index in [1.165, 1.54) is 6.33 Å². The van der Waals surface area contributed by atoms with Crippen LogP contribution in [0.4, 0.5) is 5.82 Å². The van der Waals surface area contributed by atoms with Gasteiger partial charge in [-0.2, -0.15) is 14.6 Å². The number of fused-ring (bicyclic) bond motifs is 1. The normalized spacial score (nSPS) is 24.8. The van der Waals surface area contributed by atoms with E-state index in [4.69, 9.17) is 0 Å². The summed E-state index contributed by atoms with van der Waals surface area (Å²) in [5, 5.41) is 23.2. The molecule has 0 saturated carbocycles. The minimum atomic E-state index is -0.720. The molecule has 0 aliphatic carbocycles. The standard InChI is InChI=1S/C10H13N5O2/c1-6-2-9(14-3-7(16)8(17)4-14)15-10(13-6)11-5-12-15/h2,5,7-8,16-17H,3-4H2,1H3. The molecule has 2 atom stereocenters. The predicted molar refractivity (Wildman–Crippen MR) is 59.7 cm³/mol. The maximum atomic E-state index is 9.57. The van der Waals surface area contributed by atoms with Crippen LogP contribution in [0.3, 0.4) is 0 Å². The topological polar surface area (TPSA) is 86.8 Å². The number of aliphatic hydroxyl groups excluding tert-OH is 2. The molecule has 17 heavy (non-hydrogen) atoms. The number of β-amino-alcohol motifs (C(OH)–C–C–N with tert-alkyl or cyclic N) is 2. The van der Waals surface area contributed by atoms with E-state index in [1.807, 2.05) is 17.9 Å². The first-order chi connectivity index (χ1) is 8.15. The summed E-state index contributed by atoms with van der Waals surface area (Å²) in [6.07, 6.45) is -0.00197. The number of nitrogens with zero attached hydrogens (tertiary/aromatic N) is 5. The molecule has 2 unspecified atom stereocenters. The Kier molecular flexibility index (Phi) is 2.23. The Morgan fingerprint density at radius 3 is 2.71 bits per heavy atom. The van der Waals surface area contributed by atoms with Crippen molar-refractivity contribution in [2.75, 3.05) is 18.0 Å². The van der Waals surface area contributed by atoms with Crippen LogP contribution >= 0.6 is 0 Å². The molecule has 0 radical (unpaired) electrons. The monoisotopic (exact) mass is 235 g/mol. The maximum Gasteiger partial charge on any atom is 0.254 e. The molecule has 0 spiro atoms. The summed E-state index contributed by atoms with van der Waals surface area (Å²) >= 11 is 0. The van der Waals surface area contributed by atoms with Crippen molar-refractivity contribution in [2.24, 2.45) is 0 Å². The van der Waals surface area contributed by atoms with Crippen LogP contribution < -0.4 is 4.90 Å². The Bertz CT molecular complexity index is 545. The van der Waals surface area contributed by atoms with E-state index in [1.54, 1.807) is 4.52 Å². The minimum Gasteiger partial charge on any atom is -0.389 e. The smallest absolute Gasteiger partial charge is 0.254 e. The predicted octanol–water partition coefficient (Wildman–Crippen LogP) is -1.03. The molecule has 2 aromatic rings. The molecule has 2 N–H and O–H groups in total. The van der Waals surface area contributed by atoms with Gasteiger partial charge in [0.2, 0.25) is 0 Å². The quantitative estimate of drug-likeness (QED) is 0.657. The summed E-state index contributed by atoms with van der Waals surface area (Å²) < 4.78 is 1.61. The van der Waals surface area contributed by atoms with Gasteiger partial charge >= 0.3 is 0 Å². The number of hydrogen-bond acceptors (Lipinski definition) is 6. The highest BCUT2D eigenvalue weighted by atomic mass is 16.3. The summed E-state index contributed by atoms with van der Waals surface area (Å²) in [6.45, 7) is 2.65. The van der Waals surface area contributed by atoms with Gasteiger partial charge < -0.3 is 15.1 Å². The summed E-state index contributed by atoms with van der Waals surface area (Å²) in [4.78, 5) is 10.2. The Morgan fingerprint density at radius 1 is 1.29 bits per heavy atom. The summed E-state index contributed by atoms with van der Waals surface area (Å²) in [5.74, 6) is 1.32. The number of hydrogen-bond donors (Lipinski definition) is 2. The van der Waals surface area contributed by atoms with E-state index in [0.29, 0.717) is 18.9 Å². The fraction of sp³-hybridized carbons (Fsp3) is 0.500. The molecule has 3 rings (SSSR count). The van der Waals surface area contributed by atoms with Crippen molar-refractivity contribution >= 4 is 11.6 Å². The highest BCUT2D eigenvalue weighted by Gasteiger charge is 2.31. The third-order valence-corrected chi connectivity index (χ3v) is 2.94. The van der Waals surface area contributed by atoms with Gasteiger partial charge in [-0.1, -0.05) is 0 Å². The second-order valence-corrected chi connectivity index (χ2v) is 4.27. The SMILES string of the molecule is Cc1cc(N2CC(O)C(O)C2)n2ncnc2n1.